The second-order valence-corrected chi connectivity index (χ2v) is 7.03. The van der Waals surface area contributed by atoms with Crippen LogP contribution in [0.1, 0.15) is 44.5 Å². The van der Waals surface area contributed by atoms with Crippen molar-refractivity contribution < 1.29 is 0 Å². The Morgan fingerprint density at radius 2 is 1.14 bits per heavy atom. The predicted octanol–water partition coefficient (Wildman–Crippen LogP) is 2.78. The third-order valence-electron chi connectivity index (χ3n) is 6.23. The lowest BCUT2D eigenvalue weighted by Gasteiger charge is -2.19. The first-order chi connectivity index (χ1) is 10.4. The van der Waals surface area contributed by atoms with Crippen molar-refractivity contribution in [3.05, 3.63) is 44.5 Å². The summed E-state index contributed by atoms with van der Waals surface area (Å²) in [7, 11) is 2.44. The predicted molar refractivity (Wildman–Crippen MR) is 95.9 cm³/mol. The smallest absolute Gasteiger partial charge is 0.193 e. The first-order valence-electron chi connectivity index (χ1n) is 8.24. The molecule has 0 unspecified atom stereocenters. The van der Waals surface area contributed by atoms with Crippen molar-refractivity contribution in [2.75, 3.05) is 0 Å². The van der Waals surface area contributed by atoms with Crippen LogP contribution >= 0.6 is 0 Å². The third kappa shape index (κ3) is 1.54. The van der Waals surface area contributed by atoms with Crippen LogP contribution < -0.4 is 16.2 Å². The van der Waals surface area contributed by atoms with Crippen LogP contribution in [0.5, 0.6) is 0 Å². The Morgan fingerprint density at radius 3 is 1.86 bits per heavy atom. The summed E-state index contributed by atoms with van der Waals surface area (Å²) >= 11 is 0. The van der Waals surface area contributed by atoms with Crippen molar-refractivity contribution in [1.82, 2.24) is 5.32 Å². The van der Waals surface area contributed by atoms with Gasteiger partial charge in [0, 0.05) is 13.1 Å². The molecule has 2 aliphatic heterocycles. The molecule has 1 radical (unpaired) electrons. The van der Waals surface area contributed by atoms with E-state index in [0.717, 1.165) is 13.1 Å². The fraction of sp³-hybridized carbons (Fsp3) is 0.400. The van der Waals surface area contributed by atoms with E-state index in [1.165, 1.54) is 61.0 Å². The van der Waals surface area contributed by atoms with Crippen LogP contribution in [0.4, 0.5) is 0 Å². The van der Waals surface area contributed by atoms with Crippen LogP contribution in [0, 0.1) is 41.5 Å². The molecule has 0 aliphatic carbocycles. The molecule has 2 aromatic carbocycles. The van der Waals surface area contributed by atoms with Crippen LogP contribution in [-0.4, -0.2) is 7.28 Å². The van der Waals surface area contributed by atoms with E-state index in [0.29, 0.717) is 0 Å². The van der Waals surface area contributed by atoms with Gasteiger partial charge in [0.05, 0.1) is 0 Å². The van der Waals surface area contributed by atoms with Crippen molar-refractivity contribution >= 4 is 18.2 Å². The summed E-state index contributed by atoms with van der Waals surface area (Å²) in [5, 5.41) is 3.56. The Balaban J connectivity index is 2.16. The molecule has 0 bridgehead atoms. The average Bonchev–Trinajstić information content (AvgIpc) is 3.12. The minimum atomic E-state index is 1.01. The highest BCUT2D eigenvalue weighted by Crippen LogP contribution is 2.37. The lowest BCUT2D eigenvalue weighted by molar-refractivity contribution is 0.763. The Hall–Kier alpha value is -1.54. The summed E-state index contributed by atoms with van der Waals surface area (Å²) < 4.78 is 0. The van der Waals surface area contributed by atoms with E-state index < -0.39 is 0 Å². The van der Waals surface area contributed by atoms with Crippen LogP contribution in [0.25, 0.3) is 11.1 Å². The van der Waals surface area contributed by atoms with Crippen molar-refractivity contribution in [3.63, 3.8) is 0 Å². The second kappa shape index (κ2) is 4.49. The van der Waals surface area contributed by atoms with Gasteiger partial charge in [0.15, 0.2) is 7.28 Å². The van der Waals surface area contributed by atoms with E-state index in [4.69, 9.17) is 0 Å². The first-order valence-corrected chi connectivity index (χ1v) is 8.24. The summed E-state index contributed by atoms with van der Waals surface area (Å²) in [6.45, 7) is 15.7. The van der Waals surface area contributed by atoms with Crippen LogP contribution in [0.3, 0.4) is 0 Å². The molecule has 0 spiro atoms. The Labute approximate surface area is 134 Å². The van der Waals surface area contributed by atoms with Gasteiger partial charge in [-0.3, -0.25) is 0 Å². The molecule has 1 nitrogen and oxygen atoms in total. The molecule has 2 aromatic rings. The molecule has 0 fully saturated rings. The fourth-order valence-corrected chi connectivity index (χ4v) is 4.36. The highest BCUT2D eigenvalue weighted by molar-refractivity contribution is 6.74. The molecular formula is C20H23BN. The summed E-state index contributed by atoms with van der Waals surface area (Å²) in [5.41, 5.74) is 17.8. The van der Waals surface area contributed by atoms with E-state index in [1.54, 1.807) is 5.56 Å². The molecule has 111 valence electrons. The van der Waals surface area contributed by atoms with Gasteiger partial charge in [0.1, 0.15) is 0 Å². The molecule has 0 atom stereocenters. The van der Waals surface area contributed by atoms with Gasteiger partial charge < -0.3 is 5.32 Å². The first kappa shape index (κ1) is 14.1. The summed E-state index contributed by atoms with van der Waals surface area (Å²) in [4.78, 5) is 0. The molecule has 0 amide bonds. The number of hydrogen-bond acceptors (Lipinski definition) is 1. The molecule has 4 rings (SSSR count). The number of rotatable bonds is 0. The van der Waals surface area contributed by atoms with Gasteiger partial charge >= 0.3 is 0 Å². The molecule has 0 saturated heterocycles. The largest absolute Gasteiger partial charge is 0.309 e. The van der Waals surface area contributed by atoms with Crippen molar-refractivity contribution in [3.8, 4) is 11.1 Å². The second-order valence-electron chi connectivity index (χ2n) is 7.03. The van der Waals surface area contributed by atoms with E-state index in [-0.39, 0.29) is 0 Å². The van der Waals surface area contributed by atoms with Crippen LogP contribution in [0.15, 0.2) is 0 Å². The Kier molecular flexibility index (Phi) is 2.87. The quantitative estimate of drug-likeness (QED) is 0.627. The van der Waals surface area contributed by atoms with Gasteiger partial charge in [0.25, 0.3) is 0 Å². The standard InChI is InChI=1S/C20H23BN/c1-9-10(2)13(5)19-17(12(9)4)18-16-8-22-7-15(16)11(3)14(6)20(18)21-19/h22H,7-8H2,1-6H3. The van der Waals surface area contributed by atoms with Crippen LogP contribution in [-0.2, 0) is 13.1 Å². The lowest BCUT2D eigenvalue weighted by atomic mass is 9.63. The zero-order valence-electron chi connectivity index (χ0n) is 14.5. The maximum absolute atomic E-state index is 3.56. The normalized spacial score (nSPS) is 14.6. The maximum Gasteiger partial charge on any atom is 0.193 e. The number of nitrogens with one attached hydrogen (secondary N) is 1. The van der Waals surface area contributed by atoms with E-state index in [2.05, 4.69) is 54.1 Å². The molecule has 2 aliphatic rings. The van der Waals surface area contributed by atoms with Gasteiger partial charge in [-0.2, -0.15) is 0 Å². The highest BCUT2D eigenvalue weighted by atomic mass is 14.9. The maximum atomic E-state index is 3.56. The SMILES string of the molecule is Cc1c(C)c(C)c2c(c1C)[B]c1c(C)c(C)c3c(c1-2)CNC3. The molecule has 1 N–H and O–H groups in total. The Bertz CT molecular complexity index is 846. The monoisotopic (exact) mass is 288 g/mol. The third-order valence-corrected chi connectivity index (χ3v) is 6.23. The number of hydrogen-bond donors (Lipinski definition) is 1. The average molecular weight is 288 g/mol. The summed E-state index contributed by atoms with van der Waals surface area (Å²) in [5.74, 6) is 0. The van der Waals surface area contributed by atoms with Crippen molar-refractivity contribution in [1.29, 1.82) is 0 Å². The summed E-state index contributed by atoms with van der Waals surface area (Å²) in [6, 6.07) is 0. The minimum absolute atomic E-state index is 1.01. The zero-order valence-corrected chi connectivity index (χ0v) is 14.5. The van der Waals surface area contributed by atoms with Gasteiger partial charge in [0.2, 0.25) is 0 Å². The number of benzene rings is 2. The summed E-state index contributed by atoms with van der Waals surface area (Å²) in [6.07, 6.45) is 0. The molecule has 0 saturated carbocycles. The fourth-order valence-electron chi connectivity index (χ4n) is 4.36. The minimum Gasteiger partial charge on any atom is -0.309 e. The highest BCUT2D eigenvalue weighted by Gasteiger charge is 2.32. The molecule has 2 heteroatoms. The van der Waals surface area contributed by atoms with E-state index in [9.17, 15) is 0 Å². The van der Waals surface area contributed by atoms with E-state index >= 15 is 0 Å². The van der Waals surface area contributed by atoms with Gasteiger partial charge in [-0.05, 0) is 86.1 Å². The van der Waals surface area contributed by atoms with Gasteiger partial charge in [-0.1, -0.05) is 22.1 Å². The van der Waals surface area contributed by atoms with Crippen molar-refractivity contribution in [2.45, 2.75) is 54.6 Å². The topological polar surface area (TPSA) is 12.0 Å². The van der Waals surface area contributed by atoms with Crippen molar-refractivity contribution in [2.24, 2.45) is 0 Å². The van der Waals surface area contributed by atoms with Gasteiger partial charge in [-0.15, -0.1) is 0 Å². The molecular weight excluding hydrogens is 265 g/mol. The lowest BCUT2D eigenvalue weighted by Crippen LogP contribution is -2.27. The van der Waals surface area contributed by atoms with Crippen LogP contribution in [0.2, 0.25) is 0 Å². The van der Waals surface area contributed by atoms with Gasteiger partial charge in [-0.25, -0.2) is 0 Å². The Morgan fingerprint density at radius 1 is 0.591 bits per heavy atom. The van der Waals surface area contributed by atoms with E-state index in [1.807, 2.05) is 0 Å². The molecule has 2 heterocycles. The molecule has 0 aromatic heterocycles. The number of fused-ring (bicyclic) bond motifs is 5. The zero-order chi connectivity index (χ0) is 15.8. The molecule has 22 heavy (non-hydrogen) atoms.